The molecule has 19 heavy (non-hydrogen) atoms. The normalized spacial score (nSPS) is 19.9. The highest BCUT2D eigenvalue weighted by Crippen LogP contribution is 2.38. The maximum atomic E-state index is 12.3. The number of rotatable bonds is 1. The number of nitrogens with zero attached hydrogens (tertiary/aromatic N) is 1. The fraction of sp³-hybridized carbons (Fsp3) is 0.429. The van der Waals surface area contributed by atoms with Crippen LogP contribution in [-0.2, 0) is 0 Å². The average Bonchev–Trinajstić information content (AvgIpc) is 2.68. The number of benzene rings is 1. The molecule has 0 spiro atoms. The van der Waals surface area contributed by atoms with Gasteiger partial charge in [0.2, 0.25) is 0 Å². The van der Waals surface area contributed by atoms with Gasteiger partial charge in [-0.25, -0.2) is 0 Å². The number of hydrogen-bond acceptors (Lipinski definition) is 4. The van der Waals surface area contributed by atoms with Crippen molar-refractivity contribution in [3.05, 3.63) is 23.3 Å². The van der Waals surface area contributed by atoms with Crippen LogP contribution in [-0.4, -0.2) is 33.0 Å². The van der Waals surface area contributed by atoms with Crippen molar-refractivity contribution in [3.63, 3.8) is 0 Å². The number of hydrogen-bond donors (Lipinski definition) is 2. The molecule has 1 aromatic rings. The molecular formula is C14H15NO4. The van der Waals surface area contributed by atoms with Crippen LogP contribution < -0.4 is 0 Å². The number of aromatic hydroxyl groups is 2. The van der Waals surface area contributed by atoms with Gasteiger partial charge in [-0.2, -0.15) is 0 Å². The van der Waals surface area contributed by atoms with E-state index in [-0.39, 0.29) is 28.7 Å². The molecule has 1 heterocycles. The van der Waals surface area contributed by atoms with Gasteiger partial charge in [0, 0.05) is 6.04 Å². The summed E-state index contributed by atoms with van der Waals surface area (Å²) in [5, 5.41) is 19.5. The van der Waals surface area contributed by atoms with Crippen LogP contribution in [0.3, 0.4) is 0 Å². The molecule has 1 saturated carbocycles. The summed E-state index contributed by atoms with van der Waals surface area (Å²) in [6, 6.07) is 2.37. The Morgan fingerprint density at radius 2 is 1.37 bits per heavy atom. The third-order valence-corrected chi connectivity index (χ3v) is 3.97. The van der Waals surface area contributed by atoms with Crippen molar-refractivity contribution in [2.75, 3.05) is 0 Å². The first-order chi connectivity index (χ1) is 9.11. The van der Waals surface area contributed by atoms with Crippen LogP contribution in [0.4, 0.5) is 0 Å². The second-order valence-corrected chi connectivity index (χ2v) is 5.13. The summed E-state index contributed by atoms with van der Waals surface area (Å²) in [6.07, 6.45) is 4.71. The van der Waals surface area contributed by atoms with Gasteiger partial charge < -0.3 is 10.2 Å². The molecule has 1 aromatic carbocycles. The summed E-state index contributed by atoms with van der Waals surface area (Å²) in [5.41, 5.74) is -0.119. The minimum atomic E-state index is -0.486. The van der Waals surface area contributed by atoms with E-state index < -0.39 is 11.8 Å². The highest BCUT2D eigenvalue weighted by molar-refractivity contribution is 6.24. The standard InChI is InChI=1S/C14H15NO4/c16-9-6-7-10(17)12-11(9)13(18)15(14(12)19)8-4-2-1-3-5-8/h6-8,16-17H,1-5H2. The SMILES string of the molecule is O=C1c2c(O)ccc(O)c2C(=O)N1C1CCCCC1. The lowest BCUT2D eigenvalue weighted by molar-refractivity contribution is 0.0547. The minimum absolute atomic E-state index is 0.0597. The molecule has 0 bridgehead atoms. The lowest BCUT2D eigenvalue weighted by Crippen LogP contribution is -2.40. The average molecular weight is 261 g/mol. The van der Waals surface area contributed by atoms with E-state index in [1.54, 1.807) is 0 Å². The Balaban J connectivity index is 2.04. The Bertz CT molecular complexity index is 520. The smallest absolute Gasteiger partial charge is 0.265 e. The van der Waals surface area contributed by atoms with Crippen LogP contribution in [0.2, 0.25) is 0 Å². The van der Waals surface area contributed by atoms with Gasteiger partial charge in [-0.15, -0.1) is 0 Å². The molecular weight excluding hydrogens is 246 g/mol. The van der Waals surface area contributed by atoms with Gasteiger partial charge in [0.25, 0.3) is 11.8 Å². The molecule has 0 atom stereocenters. The van der Waals surface area contributed by atoms with Gasteiger partial charge in [-0.1, -0.05) is 19.3 Å². The highest BCUT2D eigenvalue weighted by atomic mass is 16.3. The number of amides is 2. The molecule has 3 rings (SSSR count). The van der Waals surface area contributed by atoms with E-state index in [1.165, 1.54) is 17.0 Å². The van der Waals surface area contributed by atoms with Gasteiger partial charge in [0.05, 0.1) is 11.1 Å². The van der Waals surface area contributed by atoms with Crippen LogP contribution >= 0.6 is 0 Å². The Kier molecular flexibility index (Phi) is 2.69. The molecule has 0 saturated heterocycles. The second-order valence-electron chi connectivity index (χ2n) is 5.13. The van der Waals surface area contributed by atoms with Crippen LogP contribution in [0, 0.1) is 0 Å². The summed E-state index contributed by atoms with van der Waals surface area (Å²) < 4.78 is 0. The molecule has 5 nitrogen and oxygen atoms in total. The van der Waals surface area contributed by atoms with Crippen molar-refractivity contribution in [3.8, 4) is 11.5 Å². The number of carbonyl (C=O) groups excluding carboxylic acids is 2. The lowest BCUT2D eigenvalue weighted by Gasteiger charge is -2.29. The van der Waals surface area contributed by atoms with Gasteiger partial charge in [-0.05, 0) is 25.0 Å². The van der Waals surface area contributed by atoms with E-state index in [4.69, 9.17) is 0 Å². The summed E-state index contributed by atoms with van der Waals surface area (Å²) in [4.78, 5) is 25.8. The van der Waals surface area contributed by atoms with Crippen LogP contribution in [0.25, 0.3) is 0 Å². The molecule has 5 heteroatoms. The van der Waals surface area contributed by atoms with Gasteiger partial charge in [-0.3, -0.25) is 14.5 Å². The van der Waals surface area contributed by atoms with E-state index in [0.29, 0.717) is 0 Å². The van der Waals surface area contributed by atoms with E-state index in [1.807, 2.05) is 0 Å². The zero-order chi connectivity index (χ0) is 13.6. The minimum Gasteiger partial charge on any atom is -0.507 e. The molecule has 0 aromatic heterocycles. The Labute approximate surface area is 110 Å². The van der Waals surface area contributed by atoms with Crippen LogP contribution in [0.5, 0.6) is 11.5 Å². The molecule has 0 unspecified atom stereocenters. The maximum absolute atomic E-state index is 12.3. The number of fused-ring (bicyclic) bond motifs is 1. The van der Waals surface area contributed by atoms with Crippen molar-refractivity contribution < 1.29 is 19.8 Å². The van der Waals surface area contributed by atoms with Crippen molar-refractivity contribution in [2.45, 2.75) is 38.1 Å². The molecule has 0 radical (unpaired) electrons. The second kappa shape index (κ2) is 4.26. The summed E-state index contributed by atoms with van der Waals surface area (Å²) in [6.45, 7) is 0. The van der Waals surface area contributed by atoms with Crippen molar-refractivity contribution in [1.82, 2.24) is 4.90 Å². The Morgan fingerprint density at radius 1 is 0.895 bits per heavy atom. The van der Waals surface area contributed by atoms with E-state index in [0.717, 1.165) is 32.1 Å². The van der Waals surface area contributed by atoms with Crippen LogP contribution in [0.15, 0.2) is 12.1 Å². The van der Waals surface area contributed by atoms with E-state index in [9.17, 15) is 19.8 Å². The van der Waals surface area contributed by atoms with Crippen LogP contribution in [0.1, 0.15) is 52.8 Å². The van der Waals surface area contributed by atoms with Gasteiger partial charge in [0.1, 0.15) is 11.5 Å². The number of carbonyl (C=O) groups is 2. The topological polar surface area (TPSA) is 77.8 Å². The molecule has 2 aliphatic rings. The zero-order valence-electron chi connectivity index (χ0n) is 10.4. The van der Waals surface area contributed by atoms with Crippen molar-refractivity contribution in [1.29, 1.82) is 0 Å². The maximum Gasteiger partial charge on any atom is 0.265 e. The molecule has 1 fully saturated rings. The first-order valence-electron chi connectivity index (χ1n) is 6.54. The van der Waals surface area contributed by atoms with E-state index in [2.05, 4.69) is 0 Å². The molecule has 1 aliphatic carbocycles. The fourth-order valence-electron chi connectivity index (χ4n) is 3.02. The summed E-state index contributed by atoms with van der Waals surface area (Å²) in [5.74, 6) is -1.46. The number of phenols is 2. The largest absolute Gasteiger partial charge is 0.507 e. The number of imide groups is 1. The lowest BCUT2D eigenvalue weighted by atomic mass is 9.94. The van der Waals surface area contributed by atoms with E-state index >= 15 is 0 Å². The fourth-order valence-corrected chi connectivity index (χ4v) is 3.02. The summed E-state index contributed by atoms with van der Waals surface area (Å²) in [7, 11) is 0. The van der Waals surface area contributed by atoms with Gasteiger partial charge >= 0.3 is 0 Å². The first-order valence-corrected chi connectivity index (χ1v) is 6.54. The number of phenolic OH excluding ortho intramolecular Hbond substituents is 2. The van der Waals surface area contributed by atoms with Gasteiger partial charge in [0.15, 0.2) is 0 Å². The third-order valence-electron chi connectivity index (χ3n) is 3.97. The predicted molar refractivity (Wildman–Crippen MR) is 67.1 cm³/mol. The molecule has 2 N–H and O–H groups in total. The Hall–Kier alpha value is -2.04. The quantitative estimate of drug-likeness (QED) is 0.599. The molecule has 100 valence electrons. The van der Waals surface area contributed by atoms with Crippen molar-refractivity contribution in [2.24, 2.45) is 0 Å². The van der Waals surface area contributed by atoms with Crippen molar-refractivity contribution >= 4 is 11.8 Å². The summed E-state index contributed by atoms with van der Waals surface area (Å²) >= 11 is 0. The Morgan fingerprint density at radius 3 is 1.84 bits per heavy atom. The zero-order valence-corrected chi connectivity index (χ0v) is 10.4. The monoisotopic (exact) mass is 261 g/mol. The first kappa shape index (κ1) is 12.0. The predicted octanol–water partition coefficient (Wildman–Crippen LogP) is 2.03. The molecule has 1 aliphatic heterocycles. The molecule has 2 amide bonds. The highest BCUT2D eigenvalue weighted by Gasteiger charge is 2.43. The third kappa shape index (κ3) is 1.69.